The summed E-state index contributed by atoms with van der Waals surface area (Å²) in [4.78, 5) is 17.4. The summed E-state index contributed by atoms with van der Waals surface area (Å²) in [7, 11) is -8.04. The Morgan fingerprint density at radius 1 is 1.11 bits per heavy atom. The number of rotatable bonds is 11. The minimum absolute atomic E-state index is 0.244. The van der Waals surface area contributed by atoms with Gasteiger partial charge in [0.1, 0.15) is 6.04 Å². The van der Waals surface area contributed by atoms with Gasteiger partial charge in [0.25, 0.3) is 0 Å². The largest absolute Gasteiger partial charge is 0.391 e. The molecule has 6 atom stereocenters. The summed E-state index contributed by atoms with van der Waals surface area (Å²) in [6, 6.07) is 7.76. The second kappa shape index (κ2) is 12.2. The van der Waals surface area contributed by atoms with Crippen molar-refractivity contribution < 1.29 is 26.7 Å². The lowest BCUT2D eigenvalue weighted by molar-refractivity contribution is -0.124. The fourth-order valence-electron chi connectivity index (χ4n) is 5.15. The van der Waals surface area contributed by atoms with E-state index < -0.39 is 49.7 Å². The third kappa shape index (κ3) is 8.20. The molecule has 1 unspecified atom stereocenters. The number of carbonyl (C=O) groups excluding carboxylic acids is 1. The fourth-order valence-corrected chi connectivity index (χ4v) is 7.32. The number of hydrogen-bond acceptors (Lipinski definition) is 7. The summed E-state index contributed by atoms with van der Waals surface area (Å²) in [6.07, 6.45) is 4.25. The van der Waals surface area contributed by atoms with Crippen molar-refractivity contribution in [3.63, 3.8) is 0 Å². The lowest BCUT2D eigenvalue weighted by Crippen LogP contribution is -2.54. The SMILES string of the molecule is CC[C@H](NC(=O)[C@@H](CS(=O)(=O)c1ccc2ccccc2n1)NS(C)(=O)=O)[C@H](O)CC1C[C@@H](C)CC[C@H]1C. The van der Waals surface area contributed by atoms with E-state index in [-0.39, 0.29) is 5.03 Å². The highest BCUT2D eigenvalue weighted by Crippen LogP contribution is 2.36. The molecule has 0 radical (unpaired) electrons. The lowest BCUT2D eigenvalue weighted by atomic mass is 9.73. The van der Waals surface area contributed by atoms with E-state index >= 15 is 0 Å². The molecule has 0 bridgehead atoms. The van der Waals surface area contributed by atoms with Crippen LogP contribution in [0.3, 0.4) is 0 Å². The van der Waals surface area contributed by atoms with E-state index in [0.717, 1.165) is 24.5 Å². The summed E-state index contributed by atoms with van der Waals surface area (Å²) in [5.41, 5.74) is 0.473. The molecule has 9 nitrogen and oxygen atoms in total. The van der Waals surface area contributed by atoms with Crippen molar-refractivity contribution in [3.8, 4) is 0 Å². The second-order valence-electron chi connectivity index (χ2n) is 10.5. The van der Waals surface area contributed by atoms with Gasteiger partial charge in [-0.3, -0.25) is 4.79 Å². The predicted octanol–water partition coefficient (Wildman–Crippen LogP) is 2.64. The predicted molar refractivity (Wildman–Crippen MR) is 144 cm³/mol. The number of nitrogens with zero attached hydrogens (tertiary/aromatic N) is 1. The van der Waals surface area contributed by atoms with Gasteiger partial charge in [0.15, 0.2) is 14.9 Å². The molecule has 1 aliphatic carbocycles. The average molecular weight is 554 g/mol. The van der Waals surface area contributed by atoms with Crippen LogP contribution in [0.2, 0.25) is 0 Å². The molecule has 1 amide bonds. The average Bonchev–Trinajstić information content (AvgIpc) is 2.82. The third-order valence-electron chi connectivity index (χ3n) is 7.35. The number of benzene rings is 1. The number of aromatic nitrogens is 1. The van der Waals surface area contributed by atoms with Crippen LogP contribution in [0.15, 0.2) is 41.4 Å². The zero-order valence-corrected chi connectivity index (χ0v) is 23.6. The van der Waals surface area contributed by atoms with Gasteiger partial charge in [-0.2, -0.15) is 0 Å². The summed E-state index contributed by atoms with van der Waals surface area (Å²) in [6.45, 7) is 6.20. The van der Waals surface area contributed by atoms with Crippen LogP contribution in [-0.4, -0.2) is 63.0 Å². The minimum atomic E-state index is -4.13. The number of amides is 1. The lowest BCUT2D eigenvalue weighted by Gasteiger charge is -2.36. The molecule has 1 heterocycles. The van der Waals surface area contributed by atoms with Crippen LogP contribution in [0, 0.1) is 17.8 Å². The van der Waals surface area contributed by atoms with Crippen LogP contribution >= 0.6 is 0 Å². The number of carbonyl (C=O) groups is 1. The van der Waals surface area contributed by atoms with Gasteiger partial charge in [-0.1, -0.05) is 51.8 Å². The van der Waals surface area contributed by atoms with Crippen molar-refractivity contribution in [2.45, 2.75) is 76.1 Å². The molecule has 1 aliphatic rings. The van der Waals surface area contributed by atoms with Crippen LogP contribution in [0.4, 0.5) is 0 Å². The molecule has 0 saturated heterocycles. The maximum Gasteiger partial charge on any atom is 0.239 e. The van der Waals surface area contributed by atoms with Crippen LogP contribution in [0.25, 0.3) is 10.9 Å². The van der Waals surface area contributed by atoms with E-state index in [0.29, 0.717) is 36.1 Å². The Kier molecular flexibility index (Phi) is 9.71. The Morgan fingerprint density at radius 3 is 2.49 bits per heavy atom. The van der Waals surface area contributed by atoms with Crippen LogP contribution in [-0.2, 0) is 24.7 Å². The van der Waals surface area contributed by atoms with Crippen LogP contribution in [0.1, 0.15) is 52.9 Å². The molecule has 11 heteroatoms. The highest BCUT2D eigenvalue weighted by atomic mass is 32.2. The molecule has 1 aromatic carbocycles. The number of para-hydroxylation sites is 1. The standard InChI is InChI=1S/C26H39N3O6S2/c1-5-21(24(30)15-20-14-17(2)10-11-18(20)3)28-26(31)23(29-36(4,32)33)16-37(34,35)25-13-12-19-8-6-7-9-22(19)27-25/h6-9,12-13,17-18,20-21,23-24,29-30H,5,10-11,14-16H2,1-4H3,(H,28,31)/t17-,18+,20?,21-,23+,24+/m0/s1. The van der Waals surface area contributed by atoms with E-state index in [1.54, 1.807) is 24.3 Å². The van der Waals surface area contributed by atoms with E-state index in [1.807, 2.05) is 13.0 Å². The van der Waals surface area contributed by atoms with Crippen molar-refractivity contribution >= 4 is 36.7 Å². The van der Waals surface area contributed by atoms with Gasteiger partial charge in [0, 0.05) is 5.39 Å². The molecule has 1 fully saturated rings. The normalized spacial score (nSPS) is 23.3. The van der Waals surface area contributed by atoms with Crippen LogP contribution in [0.5, 0.6) is 0 Å². The minimum Gasteiger partial charge on any atom is -0.391 e. The molecule has 0 aliphatic heterocycles. The Morgan fingerprint density at radius 2 is 1.81 bits per heavy atom. The molecule has 0 spiro atoms. The number of sulfonamides is 1. The van der Waals surface area contributed by atoms with Crippen LogP contribution < -0.4 is 10.0 Å². The molecular weight excluding hydrogens is 514 g/mol. The number of hydrogen-bond donors (Lipinski definition) is 3. The Labute approximate surface area is 220 Å². The highest BCUT2D eigenvalue weighted by Gasteiger charge is 2.34. The Bertz CT molecular complexity index is 1300. The molecule has 37 heavy (non-hydrogen) atoms. The van der Waals surface area contributed by atoms with Gasteiger partial charge in [-0.25, -0.2) is 26.5 Å². The van der Waals surface area contributed by atoms with Gasteiger partial charge in [0.05, 0.1) is 29.7 Å². The molecule has 1 aromatic heterocycles. The van der Waals surface area contributed by atoms with Gasteiger partial charge >= 0.3 is 0 Å². The van der Waals surface area contributed by atoms with E-state index in [1.165, 1.54) is 12.5 Å². The molecule has 1 saturated carbocycles. The number of nitrogens with one attached hydrogen (secondary N) is 2. The van der Waals surface area contributed by atoms with Gasteiger partial charge in [-0.05, 0) is 55.2 Å². The van der Waals surface area contributed by atoms with Crippen molar-refractivity contribution in [2.75, 3.05) is 12.0 Å². The summed E-state index contributed by atoms with van der Waals surface area (Å²) >= 11 is 0. The summed E-state index contributed by atoms with van der Waals surface area (Å²) in [5.74, 6) is -0.223. The van der Waals surface area contributed by atoms with Gasteiger partial charge in [0.2, 0.25) is 15.9 Å². The van der Waals surface area contributed by atoms with Crippen molar-refractivity contribution in [2.24, 2.45) is 17.8 Å². The first kappa shape index (κ1) is 29.5. The number of fused-ring (bicyclic) bond motifs is 1. The third-order valence-corrected chi connectivity index (χ3v) is 9.70. The molecule has 3 N–H and O–H groups in total. The molecule has 2 aromatic rings. The maximum atomic E-state index is 13.2. The van der Waals surface area contributed by atoms with Crippen molar-refractivity contribution in [3.05, 3.63) is 36.4 Å². The fraction of sp³-hybridized carbons (Fsp3) is 0.615. The number of sulfone groups is 1. The first-order valence-corrected chi connectivity index (χ1v) is 16.4. The van der Waals surface area contributed by atoms with E-state index in [9.17, 15) is 26.7 Å². The zero-order chi connectivity index (χ0) is 27.4. The second-order valence-corrected chi connectivity index (χ2v) is 14.3. The van der Waals surface area contributed by atoms with Crippen molar-refractivity contribution in [1.29, 1.82) is 0 Å². The zero-order valence-electron chi connectivity index (χ0n) is 21.9. The first-order chi connectivity index (χ1) is 17.3. The topological polar surface area (TPSA) is 143 Å². The quantitative estimate of drug-likeness (QED) is 0.388. The van der Waals surface area contributed by atoms with E-state index in [2.05, 4.69) is 28.9 Å². The Balaban J connectivity index is 1.77. The Hall–Kier alpha value is -2.08. The monoisotopic (exact) mass is 553 g/mol. The first-order valence-electron chi connectivity index (χ1n) is 12.8. The maximum absolute atomic E-state index is 13.2. The number of aliphatic hydroxyl groups excluding tert-OH is 1. The summed E-state index contributed by atoms with van der Waals surface area (Å²) < 4.78 is 52.5. The smallest absolute Gasteiger partial charge is 0.239 e. The van der Waals surface area contributed by atoms with Gasteiger partial charge in [-0.15, -0.1) is 0 Å². The number of pyridine rings is 1. The molecular formula is C26H39N3O6S2. The van der Waals surface area contributed by atoms with E-state index in [4.69, 9.17) is 0 Å². The highest BCUT2D eigenvalue weighted by molar-refractivity contribution is 7.91. The van der Waals surface area contributed by atoms with Gasteiger partial charge < -0.3 is 10.4 Å². The summed E-state index contributed by atoms with van der Waals surface area (Å²) in [5, 5.41) is 14.2. The molecule has 3 rings (SSSR count). The van der Waals surface area contributed by atoms with Crippen molar-refractivity contribution in [1.82, 2.24) is 15.0 Å². The molecule has 206 valence electrons. The number of aliphatic hydroxyl groups is 1.